The Kier molecular flexibility index (Phi) is 6.55. The van der Waals surface area contributed by atoms with Crippen LogP contribution in [-0.4, -0.2) is 9.97 Å². The van der Waals surface area contributed by atoms with Crippen molar-refractivity contribution in [2.75, 3.05) is 0 Å². The van der Waals surface area contributed by atoms with Crippen LogP contribution in [0.1, 0.15) is 0 Å². The maximum atomic E-state index is 5.24. The fourth-order valence-electron chi connectivity index (χ4n) is 6.20. The van der Waals surface area contributed by atoms with Gasteiger partial charge in [-0.1, -0.05) is 121 Å². The molecule has 0 aliphatic carbocycles. The summed E-state index contributed by atoms with van der Waals surface area (Å²) in [6.45, 7) is 0. The summed E-state index contributed by atoms with van der Waals surface area (Å²) in [5.41, 5.74) is 8.57. The van der Waals surface area contributed by atoms with Crippen molar-refractivity contribution in [3.05, 3.63) is 158 Å². The van der Waals surface area contributed by atoms with Crippen LogP contribution in [-0.2, 0) is 0 Å². The molecule has 2 nitrogen and oxygen atoms in total. The third kappa shape index (κ3) is 4.80. The molecular weight excluding hydrogens is 597 g/mol. The maximum absolute atomic E-state index is 5.24. The van der Waals surface area contributed by atoms with E-state index < -0.39 is 0 Å². The Morgan fingerprint density at radius 2 is 1.04 bits per heavy atom. The van der Waals surface area contributed by atoms with Crippen LogP contribution < -0.4 is 0 Å². The molecule has 46 heavy (non-hydrogen) atoms. The van der Waals surface area contributed by atoms with E-state index in [1.165, 1.54) is 51.8 Å². The molecule has 0 saturated heterocycles. The highest BCUT2D eigenvalue weighted by molar-refractivity contribution is 7.26. The first-order valence-corrected chi connectivity index (χ1v) is 17.0. The summed E-state index contributed by atoms with van der Waals surface area (Å²) >= 11 is 3.64. The van der Waals surface area contributed by atoms with Crippen LogP contribution in [0.3, 0.4) is 0 Å². The average Bonchev–Trinajstić information content (AvgIpc) is 3.74. The second-order valence-electron chi connectivity index (χ2n) is 11.4. The third-order valence-electron chi connectivity index (χ3n) is 8.53. The van der Waals surface area contributed by atoms with E-state index in [0.717, 1.165) is 33.9 Å². The van der Waals surface area contributed by atoms with Crippen molar-refractivity contribution in [3.63, 3.8) is 0 Å². The smallest absolute Gasteiger partial charge is 0.161 e. The van der Waals surface area contributed by atoms with E-state index in [9.17, 15) is 0 Å². The van der Waals surface area contributed by atoms with Gasteiger partial charge < -0.3 is 0 Å². The van der Waals surface area contributed by atoms with Gasteiger partial charge in [-0.2, -0.15) is 0 Å². The van der Waals surface area contributed by atoms with Gasteiger partial charge in [0.2, 0.25) is 0 Å². The highest BCUT2D eigenvalue weighted by Crippen LogP contribution is 2.40. The standard InChI is InChI=1S/C42H26N2S2/c1-2-10-27(11-3-1)30-13-8-14-31(24-30)37-26-36(28-20-22-29(23-21-28)40-25-32-12-4-6-18-38(32)45-40)43-42(44-37)35-17-9-16-34-33-15-5-7-19-39(33)46-41(34)35/h1-26H. The molecule has 6 aromatic carbocycles. The SMILES string of the molecule is c1ccc(-c2cccc(-c3cc(-c4ccc(-c5cc6ccccc6s5)cc4)nc(-c4cccc5c4sc4ccccc45)n3)c2)cc1. The van der Waals surface area contributed by atoms with Crippen LogP contribution >= 0.6 is 22.7 Å². The van der Waals surface area contributed by atoms with Crippen LogP contribution in [0.15, 0.2) is 158 Å². The molecule has 0 aliphatic heterocycles. The van der Waals surface area contributed by atoms with E-state index in [4.69, 9.17) is 9.97 Å². The van der Waals surface area contributed by atoms with Crippen molar-refractivity contribution >= 4 is 52.9 Å². The summed E-state index contributed by atoms with van der Waals surface area (Å²) in [6.07, 6.45) is 0. The zero-order chi connectivity index (χ0) is 30.5. The topological polar surface area (TPSA) is 25.8 Å². The van der Waals surface area contributed by atoms with E-state index in [-0.39, 0.29) is 0 Å². The molecule has 216 valence electrons. The van der Waals surface area contributed by atoms with Crippen LogP contribution in [0.5, 0.6) is 0 Å². The monoisotopic (exact) mass is 622 g/mol. The van der Waals surface area contributed by atoms with E-state index in [1.54, 1.807) is 0 Å². The Balaban J connectivity index is 1.20. The minimum Gasteiger partial charge on any atom is -0.228 e. The first kappa shape index (κ1) is 26.9. The van der Waals surface area contributed by atoms with Crippen molar-refractivity contribution in [1.82, 2.24) is 9.97 Å². The number of hydrogen-bond donors (Lipinski definition) is 0. The summed E-state index contributed by atoms with van der Waals surface area (Å²) in [4.78, 5) is 11.7. The van der Waals surface area contributed by atoms with Gasteiger partial charge in [0.25, 0.3) is 0 Å². The van der Waals surface area contributed by atoms with Gasteiger partial charge in [0.1, 0.15) is 0 Å². The summed E-state index contributed by atoms with van der Waals surface area (Å²) < 4.78 is 3.79. The molecule has 3 heterocycles. The van der Waals surface area contributed by atoms with Gasteiger partial charge in [-0.25, -0.2) is 9.97 Å². The summed E-state index contributed by atoms with van der Waals surface area (Å²) in [7, 11) is 0. The number of aromatic nitrogens is 2. The van der Waals surface area contributed by atoms with Crippen LogP contribution in [0.2, 0.25) is 0 Å². The largest absolute Gasteiger partial charge is 0.228 e. The summed E-state index contributed by atoms with van der Waals surface area (Å²) in [5.74, 6) is 0.739. The Hall–Kier alpha value is -5.42. The Morgan fingerprint density at radius 1 is 0.391 bits per heavy atom. The van der Waals surface area contributed by atoms with Crippen molar-refractivity contribution < 1.29 is 0 Å². The van der Waals surface area contributed by atoms with Gasteiger partial charge in [-0.15, -0.1) is 22.7 Å². The lowest BCUT2D eigenvalue weighted by Crippen LogP contribution is -1.96. The number of nitrogens with zero attached hydrogens (tertiary/aromatic N) is 2. The molecule has 0 bridgehead atoms. The molecule has 0 atom stereocenters. The second kappa shape index (κ2) is 11.2. The minimum absolute atomic E-state index is 0.739. The molecule has 0 spiro atoms. The van der Waals surface area contributed by atoms with Gasteiger partial charge in [0.15, 0.2) is 5.82 Å². The van der Waals surface area contributed by atoms with E-state index in [0.29, 0.717) is 0 Å². The van der Waals surface area contributed by atoms with Crippen LogP contribution in [0.4, 0.5) is 0 Å². The molecule has 0 radical (unpaired) electrons. The first-order valence-electron chi connectivity index (χ1n) is 15.3. The maximum Gasteiger partial charge on any atom is 0.161 e. The first-order chi connectivity index (χ1) is 22.8. The number of rotatable bonds is 5. The van der Waals surface area contributed by atoms with Crippen molar-refractivity contribution in [1.29, 1.82) is 0 Å². The molecule has 0 N–H and O–H groups in total. The average molecular weight is 623 g/mol. The fraction of sp³-hybridized carbons (Fsp3) is 0. The van der Waals surface area contributed by atoms with Gasteiger partial charge in [-0.3, -0.25) is 0 Å². The van der Waals surface area contributed by atoms with Gasteiger partial charge in [-0.05, 0) is 58.5 Å². The summed E-state index contributed by atoms with van der Waals surface area (Å²) in [6, 6.07) is 56.1. The molecule has 3 aromatic heterocycles. The number of benzene rings is 6. The Morgan fingerprint density at radius 3 is 1.89 bits per heavy atom. The zero-order valence-electron chi connectivity index (χ0n) is 24.7. The van der Waals surface area contributed by atoms with Crippen molar-refractivity contribution in [2.24, 2.45) is 0 Å². The molecule has 0 saturated carbocycles. The minimum atomic E-state index is 0.739. The normalized spacial score (nSPS) is 11.5. The van der Waals surface area contributed by atoms with E-state index in [2.05, 4.69) is 158 Å². The Bertz CT molecular complexity index is 2490. The van der Waals surface area contributed by atoms with Gasteiger partial charge >= 0.3 is 0 Å². The van der Waals surface area contributed by atoms with E-state index in [1.807, 2.05) is 22.7 Å². The van der Waals surface area contributed by atoms with Crippen molar-refractivity contribution in [2.45, 2.75) is 0 Å². The predicted molar refractivity (Wildman–Crippen MR) is 197 cm³/mol. The van der Waals surface area contributed by atoms with Crippen molar-refractivity contribution in [3.8, 4) is 55.5 Å². The van der Waals surface area contributed by atoms with Gasteiger partial charge in [0, 0.05) is 46.4 Å². The molecule has 0 unspecified atom stereocenters. The quantitative estimate of drug-likeness (QED) is 0.191. The molecule has 4 heteroatoms. The molecule has 0 fully saturated rings. The van der Waals surface area contributed by atoms with Crippen LogP contribution in [0, 0.1) is 0 Å². The molecule has 0 aliphatic rings. The zero-order valence-corrected chi connectivity index (χ0v) is 26.4. The predicted octanol–water partition coefficient (Wildman–Crippen LogP) is 12.4. The highest BCUT2D eigenvalue weighted by atomic mass is 32.1. The van der Waals surface area contributed by atoms with Crippen LogP contribution in [0.25, 0.3) is 85.7 Å². The second-order valence-corrected chi connectivity index (χ2v) is 13.6. The third-order valence-corrected chi connectivity index (χ3v) is 10.9. The lowest BCUT2D eigenvalue weighted by atomic mass is 10.00. The van der Waals surface area contributed by atoms with Gasteiger partial charge in [0.05, 0.1) is 11.4 Å². The number of fused-ring (bicyclic) bond motifs is 4. The Labute approximate surface area is 274 Å². The number of hydrogen-bond acceptors (Lipinski definition) is 4. The lowest BCUT2D eigenvalue weighted by Gasteiger charge is -2.11. The fourth-order valence-corrected chi connectivity index (χ4v) is 8.48. The molecular formula is C42H26N2S2. The molecule has 0 amide bonds. The molecule has 9 aromatic rings. The number of thiophene rings is 2. The lowest BCUT2D eigenvalue weighted by molar-refractivity contribution is 1.19. The van der Waals surface area contributed by atoms with E-state index >= 15 is 0 Å². The highest BCUT2D eigenvalue weighted by Gasteiger charge is 2.16. The molecule has 9 rings (SSSR count). The summed E-state index contributed by atoms with van der Waals surface area (Å²) in [5, 5.41) is 3.80.